The fraction of sp³-hybridized carbons (Fsp3) is 0.375. The Morgan fingerprint density at radius 2 is 2.26 bits per heavy atom. The number of carboxylic acids is 1. The molecule has 0 spiro atoms. The minimum atomic E-state index is -0.960. The highest BCUT2D eigenvalue weighted by molar-refractivity contribution is 7.20. The van der Waals surface area contributed by atoms with Gasteiger partial charge >= 0.3 is 5.97 Å². The molecule has 122 valence electrons. The van der Waals surface area contributed by atoms with E-state index in [9.17, 15) is 9.59 Å². The Bertz CT molecular complexity index is 745. The van der Waals surface area contributed by atoms with Gasteiger partial charge in [-0.25, -0.2) is 4.79 Å². The Balaban J connectivity index is 1.80. The quantitative estimate of drug-likeness (QED) is 0.733. The molecule has 0 bridgehead atoms. The van der Waals surface area contributed by atoms with Crippen LogP contribution in [0.4, 0.5) is 0 Å². The number of carboxylic acid groups (broad SMARTS) is 1. The predicted molar refractivity (Wildman–Crippen MR) is 88.2 cm³/mol. The van der Waals surface area contributed by atoms with Crippen molar-refractivity contribution in [2.24, 2.45) is 0 Å². The van der Waals surface area contributed by atoms with E-state index in [0.29, 0.717) is 17.8 Å². The second kappa shape index (κ2) is 6.17. The number of aromatic amines is 1. The summed E-state index contributed by atoms with van der Waals surface area (Å²) in [7, 11) is 1.63. The highest BCUT2D eigenvalue weighted by atomic mass is 32.1. The van der Waals surface area contributed by atoms with Crippen molar-refractivity contribution in [1.82, 2.24) is 10.3 Å². The number of rotatable bonds is 5. The zero-order valence-electron chi connectivity index (χ0n) is 12.7. The Hall–Kier alpha value is -2.12. The third-order valence-electron chi connectivity index (χ3n) is 4.03. The summed E-state index contributed by atoms with van der Waals surface area (Å²) in [5, 5.41) is 12.1. The van der Waals surface area contributed by atoms with E-state index in [1.807, 2.05) is 0 Å². The molecule has 0 saturated heterocycles. The molecule has 23 heavy (non-hydrogen) atoms. The first kappa shape index (κ1) is 15.8. The van der Waals surface area contributed by atoms with Crippen molar-refractivity contribution in [3.8, 4) is 0 Å². The van der Waals surface area contributed by atoms with Crippen LogP contribution in [0.2, 0.25) is 0 Å². The van der Waals surface area contributed by atoms with Gasteiger partial charge in [0.15, 0.2) is 0 Å². The van der Waals surface area contributed by atoms with Crippen LogP contribution in [-0.4, -0.2) is 41.2 Å². The van der Waals surface area contributed by atoms with Crippen molar-refractivity contribution in [1.29, 1.82) is 0 Å². The van der Waals surface area contributed by atoms with Crippen LogP contribution in [0.15, 0.2) is 24.3 Å². The molecule has 1 aliphatic rings. The monoisotopic (exact) mass is 334 g/mol. The molecule has 2 heterocycles. The van der Waals surface area contributed by atoms with E-state index in [1.165, 1.54) is 0 Å². The maximum atomic E-state index is 12.5. The maximum Gasteiger partial charge on any atom is 0.345 e. The van der Waals surface area contributed by atoms with E-state index < -0.39 is 5.97 Å². The molecule has 1 atom stereocenters. The lowest BCUT2D eigenvalue weighted by atomic mass is 9.86. The molecule has 6 nitrogen and oxygen atoms in total. The average molecular weight is 334 g/mol. The lowest BCUT2D eigenvalue weighted by Crippen LogP contribution is -2.52. The number of methoxy groups -OCH3 is 1. The van der Waals surface area contributed by atoms with Gasteiger partial charge in [-0.1, -0.05) is 12.2 Å². The second-order valence-electron chi connectivity index (χ2n) is 5.76. The Kier molecular flexibility index (Phi) is 4.23. The molecule has 7 heteroatoms. The standard InChI is InChI=1S/C16H18N2O4S/c1-22-9-16(5-3-2-4-6-16)18-14(19)11-8-12-10(17-11)7-13(23-12)15(20)21/h2-3,7-8,17H,4-6,9H2,1H3,(H,18,19)(H,20,21). The van der Waals surface area contributed by atoms with E-state index in [2.05, 4.69) is 22.5 Å². The number of allylic oxidation sites excluding steroid dienone is 1. The summed E-state index contributed by atoms with van der Waals surface area (Å²) in [5.74, 6) is -1.16. The molecule has 1 amide bonds. The first-order chi connectivity index (χ1) is 11.0. The molecule has 0 radical (unpaired) electrons. The smallest absolute Gasteiger partial charge is 0.345 e. The molecule has 0 saturated carbocycles. The zero-order valence-corrected chi connectivity index (χ0v) is 13.5. The van der Waals surface area contributed by atoms with Crippen LogP contribution in [0.5, 0.6) is 0 Å². The number of carbonyl (C=O) groups is 2. The third-order valence-corrected chi connectivity index (χ3v) is 5.10. The van der Waals surface area contributed by atoms with Gasteiger partial charge in [-0.3, -0.25) is 4.79 Å². The highest BCUT2D eigenvalue weighted by Gasteiger charge is 2.32. The minimum absolute atomic E-state index is 0.197. The van der Waals surface area contributed by atoms with Gasteiger partial charge in [-0.15, -0.1) is 11.3 Å². The number of hydrogen-bond acceptors (Lipinski definition) is 4. The number of ether oxygens (including phenoxy) is 1. The SMILES string of the molecule is COCC1(NC(=O)c2cc3sc(C(=O)O)cc3[nH]2)CC=CCC1. The molecule has 2 aromatic rings. The molecular formula is C16H18N2O4S. The van der Waals surface area contributed by atoms with Crippen LogP contribution in [0.1, 0.15) is 39.4 Å². The minimum Gasteiger partial charge on any atom is -0.477 e. The first-order valence-corrected chi connectivity index (χ1v) is 8.17. The van der Waals surface area contributed by atoms with E-state index in [1.54, 1.807) is 19.2 Å². The first-order valence-electron chi connectivity index (χ1n) is 7.35. The van der Waals surface area contributed by atoms with Crippen LogP contribution in [0, 0.1) is 0 Å². The largest absolute Gasteiger partial charge is 0.477 e. The maximum absolute atomic E-state index is 12.5. The van der Waals surface area contributed by atoms with Crippen molar-refractivity contribution in [2.45, 2.75) is 24.8 Å². The molecule has 3 N–H and O–H groups in total. The Morgan fingerprint density at radius 1 is 1.43 bits per heavy atom. The van der Waals surface area contributed by atoms with Crippen LogP contribution in [0.3, 0.4) is 0 Å². The average Bonchev–Trinajstić information content (AvgIpc) is 3.06. The molecule has 2 aromatic heterocycles. The number of thiophene rings is 1. The van der Waals surface area contributed by atoms with Crippen molar-refractivity contribution in [3.63, 3.8) is 0 Å². The van der Waals surface area contributed by atoms with Crippen molar-refractivity contribution in [2.75, 3.05) is 13.7 Å². The number of hydrogen-bond donors (Lipinski definition) is 3. The molecule has 1 unspecified atom stereocenters. The summed E-state index contributed by atoms with van der Waals surface area (Å²) in [6.45, 7) is 0.460. The van der Waals surface area contributed by atoms with E-state index in [0.717, 1.165) is 35.3 Å². The fourth-order valence-electron chi connectivity index (χ4n) is 2.90. The summed E-state index contributed by atoms with van der Waals surface area (Å²) in [6, 6.07) is 3.24. The van der Waals surface area contributed by atoms with Gasteiger partial charge < -0.3 is 20.1 Å². The highest BCUT2D eigenvalue weighted by Crippen LogP contribution is 2.28. The number of fused-ring (bicyclic) bond motifs is 1. The van der Waals surface area contributed by atoms with E-state index >= 15 is 0 Å². The van der Waals surface area contributed by atoms with Crippen molar-refractivity contribution >= 4 is 33.4 Å². The predicted octanol–water partition coefficient (Wildman–Crippen LogP) is 2.78. The Labute approximate surface area is 137 Å². The molecular weight excluding hydrogens is 316 g/mol. The van der Waals surface area contributed by atoms with Gasteiger partial charge in [-0.05, 0) is 31.4 Å². The number of H-pyrrole nitrogens is 1. The molecule has 0 aromatic carbocycles. The normalized spacial score (nSPS) is 20.7. The summed E-state index contributed by atoms with van der Waals surface area (Å²) in [6.07, 6.45) is 6.66. The van der Waals surface area contributed by atoms with Crippen LogP contribution in [0.25, 0.3) is 10.2 Å². The van der Waals surface area contributed by atoms with Gasteiger partial charge in [0.2, 0.25) is 0 Å². The number of carbonyl (C=O) groups excluding carboxylic acids is 1. The van der Waals surface area contributed by atoms with Crippen LogP contribution >= 0.6 is 11.3 Å². The Morgan fingerprint density at radius 3 is 2.87 bits per heavy atom. The molecule has 0 aliphatic heterocycles. The van der Waals surface area contributed by atoms with Gasteiger partial charge in [0.05, 0.1) is 22.4 Å². The molecule has 1 aliphatic carbocycles. The summed E-state index contributed by atoms with van der Waals surface area (Å²) in [4.78, 5) is 26.8. The van der Waals surface area contributed by atoms with E-state index in [4.69, 9.17) is 9.84 Å². The topological polar surface area (TPSA) is 91.4 Å². The third kappa shape index (κ3) is 3.16. The lowest BCUT2D eigenvalue weighted by Gasteiger charge is -2.35. The number of aromatic nitrogens is 1. The fourth-order valence-corrected chi connectivity index (χ4v) is 3.80. The van der Waals surface area contributed by atoms with Gasteiger partial charge in [-0.2, -0.15) is 0 Å². The van der Waals surface area contributed by atoms with Gasteiger partial charge in [0.1, 0.15) is 10.6 Å². The van der Waals surface area contributed by atoms with E-state index in [-0.39, 0.29) is 16.3 Å². The molecule has 3 rings (SSSR count). The van der Waals surface area contributed by atoms with Gasteiger partial charge in [0.25, 0.3) is 5.91 Å². The lowest BCUT2D eigenvalue weighted by molar-refractivity contribution is 0.0700. The zero-order chi connectivity index (χ0) is 16.4. The summed E-state index contributed by atoms with van der Waals surface area (Å²) in [5.41, 5.74) is 0.723. The van der Waals surface area contributed by atoms with Crippen molar-refractivity contribution < 1.29 is 19.4 Å². The number of aromatic carboxylic acids is 1. The second-order valence-corrected chi connectivity index (χ2v) is 6.84. The van der Waals surface area contributed by atoms with Crippen molar-refractivity contribution in [3.05, 3.63) is 34.9 Å². The number of nitrogens with one attached hydrogen (secondary N) is 2. The summed E-state index contributed by atoms with van der Waals surface area (Å²) >= 11 is 1.15. The molecule has 0 fully saturated rings. The summed E-state index contributed by atoms with van der Waals surface area (Å²) < 4.78 is 6.05. The number of amides is 1. The van der Waals surface area contributed by atoms with Gasteiger partial charge in [0, 0.05) is 7.11 Å². The van der Waals surface area contributed by atoms with Crippen LogP contribution < -0.4 is 5.32 Å². The van der Waals surface area contributed by atoms with Crippen LogP contribution in [-0.2, 0) is 4.74 Å².